The molecule has 2 atom stereocenters. The van der Waals surface area contributed by atoms with Gasteiger partial charge in [-0.2, -0.15) is 0 Å². The highest BCUT2D eigenvalue weighted by atomic mass is 16.7. The topological polar surface area (TPSA) is 107 Å². The Hall–Kier alpha value is -3.92. The number of piperidine rings is 1. The molecule has 4 heterocycles. The number of aromatic amines is 1. The minimum Gasteiger partial charge on any atom is -0.497 e. The van der Waals surface area contributed by atoms with Gasteiger partial charge in [0.25, 0.3) is 5.56 Å². The summed E-state index contributed by atoms with van der Waals surface area (Å²) in [5.74, 6) is 3.26. The molecule has 2 aromatic heterocycles. The molecule has 2 aliphatic rings. The van der Waals surface area contributed by atoms with E-state index in [1.54, 1.807) is 11.8 Å². The van der Waals surface area contributed by atoms with Gasteiger partial charge in [-0.05, 0) is 65.6 Å². The minimum atomic E-state index is -0.389. The fourth-order valence-corrected chi connectivity index (χ4v) is 5.20. The number of tetrazole rings is 1. The number of rotatable bonds is 6. The number of fused-ring (bicyclic) bond motifs is 2. The highest BCUT2D eigenvalue weighted by Gasteiger charge is 2.33. The molecule has 0 amide bonds. The third-order valence-corrected chi connectivity index (χ3v) is 7.01. The lowest BCUT2D eigenvalue weighted by Crippen LogP contribution is -2.41. The quantitative estimate of drug-likeness (QED) is 0.441. The highest BCUT2D eigenvalue weighted by molar-refractivity contribution is 5.83. The average molecular weight is 489 g/mol. The average Bonchev–Trinajstić information content (AvgIpc) is 3.53. The molecule has 0 saturated carbocycles. The van der Waals surface area contributed by atoms with E-state index in [1.807, 2.05) is 42.5 Å². The van der Waals surface area contributed by atoms with E-state index in [9.17, 15) is 4.79 Å². The molecule has 2 aromatic carbocycles. The van der Waals surface area contributed by atoms with Crippen LogP contribution < -0.4 is 19.8 Å². The molecular weight excluding hydrogens is 460 g/mol. The first-order chi connectivity index (χ1) is 17.6. The molecule has 0 aliphatic carbocycles. The van der Waals surface area contributed by atoms with Gasteiger partial charge < -0.3 is 19.2 Å². The Bertz CT molecular complexity index is 1450. The monoisotopic (exact) mass is 488 g/mol. The summed E-state index contributed by atoms with van der Waals surface area (Å²) in [7, 11) is 1.65. The standard InChI is InChI=1S/C26H28N6O4/c1-16-4-3-9-31(13-16)24(25-28-29-30-32(25)14-17-5-7-19(34-2)8-6-17)20-10-18-11-22-23(36-15-35-22)12-21(18)27-26(20)33/h5-8,10-12,16,24H,3-4,9,13-15H2,1-2H3,(H,27,33)/t16-,24-/m0/s1. The van der Waals surface area contributed by atoms with E-state index in [1.165, 1.54) is 0 Å². The van der Waals surface area contributed by atoms with E-state index in [2.05, 4.69) is 32.3 Å². The van der Waals surface area contributed by atoms with E-state index in [4.69, 9.17) is 14.2 Å². The van der Waals surface area contributed by atoms with Gasteiger partial charge in [-0.25, -0.2) is 4.68 Å². The Morgan fingerprint density at radius 3 is 2.75 bits per heavy atom. The molecule has 186 valence electrons. The smallest absolute Gasteiger partial charge is 0.253 e. The van der Waals surface area contributed by atoms with Gasteiger partial charge in [-0.3, -0.25) is 9.69 Å². The molecule has 0 radical (unpaired) electrons. The molecule has 0 unspecified atom stereocenters. The molecule has 10 nitrogen and oxygen atoms in total. The Morgan fingerprint density at radius 1 is 1.17 bits per heavy atom. The first-order valence-corrected chi connectivity index (χ1v) is 12.2. The van der Waals surface area contributed by atoms with Gasteiger partial charge in [-0.15, -0.1) is 5.10 Å². The van der Waals surface area contributed by atoms with Crippen LogP contribution in [0.15, 0.2) is 47.3 Å². The predicted molar refractivity (Wildman–Crippen MR) is 132 cm³/mol. The van der Waals surface area contributed by atoms with Crippen LogP contribution in [-0.2, 0) is 6.54 Å². The SMILES string of the molecule is COc1ccc(Cn2nnnc2[C@H](c2cc3cc4c(cc3[nH]c2=O)OCO4)N2CCC[C@H](C)C2)cc1. The molecule has 0 spiro atoms. The number of hydrogen-bond donors (Lipinski definition) is 1. The van der Waals surface area contributed by atoms with E-state index in [0.717, 1.165) is 42.6 Å². The highest BCUT2D eigenvalue weighted by Crippen LogP contribution is 2.37. The summed E-state index contributed by atoms with van der Waals surface area (Å²) in [6.07, 6.45) is 2.22. The summed E-state index contributed by atoms with van der Waals surface area (Å²) < 4.78 is 18.1. The summed E-state index contributed by atoms with van der Waals surface area (Å²) in [6.45, 7) is 4.63. The lowest BCUT2D eigenvalue weighted by Gasteiger charge is -2.36. The molecule has 1 fully saturated rings. The van der Waals surface area contributed by atoms with Crippen LogP contribution in [0, 0.1) is 5.92 Å². The minimum absolute atomic E-state index is 0.163. The Labute approximate surface area is 207 Å². The maximum absolute atomic E-state index is 13.5. The Balaban J connectivity index is 1.44. The van der Waals surface area contributed by atoms with Crippen molar-refractivity contribution < 1.29 is 14.2 Å². The first kappa shape index (κ1) is 22.5. The van der Waals surface area contributed by atoms with Gasteiger partial charge in [0.05, 0.1) is 19.2 Å². The third kappa shape index (κ3) is 4.17. The molecule has 0 bridgehead atoms. The molecule has 4 aromatic rings. The van der Waals surface area contributed by atoms with Crippen LogP contribution in [0.3, 0.4) is 0 Å². The van der Waals surface area contributed by atoms with Gasteiger partial charge in [-0.1, -0.05) is 19.1 Å². The van der Waals surface area contributed by atoms with Crippen LogP contribution in [-0.4, -0.2) is 57.1 Å². The van der Waals surface area contributed by atoms with E-state index in [0.29, 0.717) is 40.9 Å². The second-order valence-corrected chi connectivity index (χ2v) is 9.53. The van der Waals surface area contributed by atoms with Gasteiger partial charge >= 0.3 is 0 Å². The number of benzene rings is 2. The number of aromatic nitrogens is 5. The number of nitrogens with one attached hydrogen (secondary N) is 1. The van der Waals surface area contributed by atoms with Crippen LogP contribution >= 0.6 is 0 Å². The van der Waals surface area contributed by atoms with Crippen molar-refractivity contribution in [1.82, 2.24) is 30.1 Å². The number of hydrogen-bond acceptors (Lipinski definition) is 8. The summed E-state index contributed by atoms with van der Waals surface area (Å²) in [5.41, 5.74) is 2.19. The van der Waals surface area contributed by atoms with E-state index >= 15 is 0 Å². The van der Waals surface area contributed by atoms with Crippen molar-refractivity contribution in [1.29, 1.82) is 0 Å². The van der Waals surface area contributed by atoms with E-state index in [-0.39, 0.29) is 18.4 Å². The fraction of sp³-hybridized carbons (Fsp3) is 0.385. The number of pyridine rings is 1. The first-order valence-electron chi connectivity index (χ1n) is 12.2. The van der Waals surface area contributed by atoms with Crippen LogP contribution in [0.25, 0.3) is 10.9 Å². The van der Waals surface area contributed by atoms with Gasteiger partial charge in [0.2, 0.25) is 6.79 Å². The number of H-pyrrole nitrogens is 1. The van der Waals surface area contributed by atoms with Crippen molar-refractivity contribution in [2.45, 2.75) is 32.4 Å². The summed E-state index contributed by atoms with van der Waals surface area (Å²) >= 11 is 0. The predicted octanol–water partition coefficient (Wildman–Crippen LogP) is 3.12. The number of likely N-dealkylation sites (tertiary alicyclic amines) is 1. The Kier molecular flexibility index (Phi) is 5.80. The van der Waals surface area contributed by atoms with Crippen molar-refractivity contribution in [3.8, 4) is 17.2 Å². The van der Waals surface area contributed by atoms with E-state index < -0.39 is 0 Å². The molecule has 10 heteroatoms. The lowest BCUT2D eigenvalue weighted by atomic mass is 9.95. The van der Waals surface area contributed by atoms with Crippen LogP contribution in [0.4, 0.5) is 0 Å². The van der Waals surface area contributed by atoms with Crippen molar-refractivity contribution in [2.75, 3.05) is 27.0 Å². The number of methoxy groups -OCH3 is 1. The van der Waals surface area contributed by atoms with Gasteiger partial charge in [0, 0.05) is 23.6 Å². The molecule has 2 aliphatic heterocycles. The van der Waals surface area contributed by atoms with Crippen LogP contribution in [0.2, 0.25) is 0 Å². The largest absolute Gasteiger partial charge is 0.497 e. The second kappa shape index (κ2) is 9.27. The fourth-order valence-electron chi connectivity index (χ4n) is 5.20. The second-order valence-electron chi connectivity index (χ2n) is 9.53. The maximum Gasteiger partial charge on any atom is 0.253 e. The normalized spacial score (nSPS) is 18.4. The molecule has 6 rings (SSSR count). The zero-order valence-corrected chi connectivity index (χ0v) is 20.3. The lowest BCUT2D eigenvalue weighted by molar-refractivity contribution is 0.141. The van der Waals surface area contributed by atoms with Crippen molar-refractivity contribution in [3.05, 3.63) is 69.8 Å². The Morgan fingerprint density at radius 2 is 1.97 bits per heavy atom. The molecular formula is C26H28N6O4. The summed E-state index contributed by atoms with van der Waals surface area (Å²) in [5, 5.41) is 13.6. The van der Waals surface area contributed by atoms with Gasteiger partial charge in [0.15, 0.2) is 17.3 Å². The van der Waals surface area contributed by atoms with Crippen LogP contribution in [0.1, 0.15) is 42.8 Å². The number of nitrogens with zero attached hydrogens (tertiary/aromatic N) is 5. The van der Waals surface area contributed by atoms with Crippen LogP contribution in [0.5, 0.6) is 17.2 Å². The molecule has 1 N–H and O–H groups in total. The van der Waals surface area contributed by atoms with Crippen molar-refractivity contribution >= 4 is 10.9 Å². The van der Waals surface area contributed by atoms with Crippen molar-refractivity contribution in [2.24, 2.45) is 5.92 Å². The zero-order valence-electron chi connectivity index (χ0n) is 20.3. The summed E-state index contributed by atoms with van der Waals surface area (Å²) in [6, 6.07) is 13.1. The van der Waals surface area contributed by atoms with Gasteiger partial charge in [0.1, 0.15) is 11.8 Å². The third-order valence-electron chi connectivity index (χ3n) is 7.01. The number of ether oxygens (including phenoxy) is 3. The van der Waals surface area contributed by atoms with Crippen molar-refractivity contribution in [3.63, 3.8) is 0 Å². The zero-order chi connectivity index (χ0) is 24.6. The molecule has 36 heavy (non-hydrogen) atoms. The maximum atomic E-state index is 13.5. The summed E-state index contributed by atoms with van der Waals surface area (Å²) in [4.78, 5) is 18.9. The molecule has 1 saturated heterocycles.